The molecule has 3 aromatic heterocycles. The molecule has 0 bridgehead atoms. The van der Waals surface area contributed by atoms with Crippen molar-refractivity contribution in [2.24, 2.45) is 7.05 Å². The van der Waals surface area contributed by atoms with Gasteiger partial charge in [-0.3, -0.25) is 14.5 Å². The summed E-state index contributed by atoms with van der Waals surface area (Å²) in [5, 5.41) is 9.58. The number of amides is 1. The first-order valence-corrected chi connectivity index (χ1v) is 8.48. The molecule has 0 saturated heterocycles. The molecule has 4 aromatic rings. The van der Waals surface area contributed by atoms with Gasteiger partial charge in [-0.2, -0.15) is 5.10 Å². The lowest BCUT2D eigenvalue weighted by Crippen LogP contribution is -2.14. The van der Waals surface area contributed by atoms with Crippen LogP contribution in [0.15, 0.2) is 36.5 Å². The second kappa shape index (κ2) is 6.07. The zero-order valence-corrected chi connectivity index (χ0v) is 15.3. The number of hydrogen-bond donors (Lipinski definition) is 1. The number of benzene rings is 1. The maximum atomic E-state index is 12.8. The van der Waals surface area contributed by atoms with Crippen molar-refractivity contribution in [3.05, 3.63) is 58.5 Å². The molecule has 130 valence electrons. The van der Waals surface area contributed by atoms with Gasteiger partial charge in [0.2, 0.25) is 0 Å². The number of aromatic nitrogens is 4. The Bertz CT molecular complexity index is 1180. The summed E-state index contributed by atoms with van der Waals surface area (Å²) in [6.45, 7) is 3.73. The molecule has 1 N–H and O–H groups in total. The van der Waals surface area contributed by atoms with E-state index in [4.69, 9.17) is 11.6 Å². The first kappa shape index (κ1) is 16.5. The SMILES string of the molecule is Cc1nc2ccc(Cl)cc2cc1C(=O)Nc1cnc2c(c1)c(C)nn2C. The topological polar surface area (TPSA) is 72.7 Å². The van der Waals surface area contributed by atoms with E-state index >= 15 is 0 Å². The minimum atomic E-state index is -0.237. The summed E-state index contributed by atoms with van der Waals surface area (Å²) >= 11 is 6.05. The van der Waals surface area contributed by atoms with E-state index in [1.54, 1.807) is 29.1 Å². The van der Waals surface area contributed by atoms with E-state index in [0.717, 1.165) is 27.6 Å². The zero-order chi connectivity index (χ0) is 18.4. The number of pyridine rings is 2. The van der Waals surface area contributed by atoms with Gasteiger partial charge in [0.05, 0.1) is 34.4 Å². The number of halogens is 1. The minimum absolute atomic E-state index is 0.237. The van der Waals surface area contributed by atoms with E-state index in [9.17, 15) is 4.79 Å². The summed E-state index contributed by atoms with van der Waals surface area (Å²) in [6.07, 6.45) is 1.63. The summed E-state index contributed by atoms with van der Waals surface area (Å²) < 4.78 is 1.72. The van der Waals surface area contributed by atoms with E-state index in [0.29, 0.717) is 22.0 Å². The minimum Gasteiger partial charge on any atom is -0.321 e. The number of carbonyl (C=O) groups is 1. The van der Waals surface area contributed by atoms with E-state index in [-0.39, 0.29) is 5.91 Å². The summed E-state index contributed by atoms with van der Waals surface area (Å²) in [6, 6.07) is 9.11. The number of aryl methyl sites for hydroxylation is 3. The molecule has 6 nitrogen and oxygen atoms in total. The van der Waals surface area contributed by atoms with Crippen LogP contribution in [0.3, 0.4) is 0 Å². The molecular formula is C19H16ClN5O. The molecule has 0 aliphatic carbocycles. The largest absolute Gasteiger partial charge is 0.321 e. The molecule has 0 radical (unpaired) electrons. The Kier molecular flexibility index (Phi) is 3.85. The highest BCUT2D eigenvalue weighted by Crippen LogP contribution is 2.23. The normalized spacial score (nSPS) is 11.2. The zero-order valence-electron chi connectivity index (χ0n) is 14.5. The molecule has 0 saturated carbocycles. The van der Waals surface area contributed by atoms with Crippen molar-refractivity contribution in [3.63, 3.8) is 0 Å². The average molecular weight is 366 g/mol. The Morgan fingerprint density at radius 2 is 1.96 bits per heavy atom. The van der Waals surface area contributed by atoms with Crippen LogP contribution in [0.1, 0.15) is 21.7 Å². The highest BCUT2D eigenvalue weighted by atomic mass is 35.5. The number of fused-ring (bicyclic) bond motifs is 2. The predicted octanol–water partition coefficient (Wildman–Crippen LogP) is 4.04. The Labute approximate surface area is 154 Å². The highest BCUT2D eigenvalue weighted by molar-refractivity contribution is 6.31. The quantitative estimate of drug-likeness (QED) is 0.582. The average Bonchev–Trinajstić information content (AvgIpc) is 2.88. The lowest BCUT2D eigenvalue weighted by atomic mass is 10.1. The predicted molar refractivity (Wildman–Crippen MR) is 103 cm³/mol. The summed E-state index contributed by atoms with van der Waals surface area (Å²) in [7, 11) is 1.84. The second-order valence-electron chi connectivity index (χ2n) is 6.22. The Morgan fingerprint density at radius 3 is 2.77 bits per heavy atom. The van der Waals surface area contributed by atoms with Gasteiger partial charge in [-0.15, -0.1) is 0 Å². The van der Waals surface area contributed by atoms with Gasteiger partial charge < -0.3 is 5.32 Å². The van der Waals surface area contributed by atoms with Crippen molar-refractivity contribution in [3.8, 4) is 0 Å². The molecule has 0 unspecified atom stereocenters. The van der Waals surface area contributed by atoms with Gasteiger partial charge >= 0.3 is 0 Å². The number of nitrogens with one attached hydrogen (secondary N) is 1. The van der Waals surface area contributed by atoms with Crippen LogP contribution >= 0.6 is 11.6 Å². The van der Waals surface area contributed by atoms with Gasteiger partial charge in [0, 0.05) is 22.8 Å². The van der Waals surface area contributed by atoms with Crippen LogP contribution in [0.25, 0.3) is 21.9 Å². The van der Waals surface area contributed by atoms with Gasteiger partial charge in [0.25, 0.3) is 5.91 Å². The fourth-order valence-electron chi connectivity index (χ4n) is 3.05. The Balaban J connectivity index is 1.71. The third kappa shape index (κ3) is 2.78. The molecule has 3 heterocycles. The van der Waals surface area contributed by atoms with Gasteiger partial charge in [0.1, 0.15) is 0 Å². The second-order valence-corrected chi connectivity index (χ2v) is 6.65. The van der Waals surface area contributed by atoms with Crippen LogP contribution in [-0.2, 0) is 7.05 Å². The Hall–Kier alpha value is -2.99. The van der Waals surface area contributed by atoms with Crippen molar-refractivity contribution in [1.82, 2.24) is 19.7 Å². The van der Waals surface area contributed by atoms with Crippen LogP contribution in [-0.4, -0.2) is 25.7 Å². The van der Waals surface area contributed by atoms with E-state index < -0.39 is 0 Å². The van der Waals surface area contributed by atoms with Crippen molar-refractivity contribution < 1.29 is 4.79 Å². The van der Waals surface area contributed by atoms with Crippen LogP contribution in [0.4, 0.5) is 5.69 Å². The Morgan fingerprint density at radius 1 is 1.15 bits per heavy atom. The molecule has 1 aromatic carbocycles. The third-order valence-corrected chi connectivity index (χ3v) is 4.57. The van der Waals surface area contributed by atoms with E-state index in [2.05, 4.69) is 20.4 Å². The molecule has 4 rings (SSSR count). The van der Waals surface area contributed by atoms with E-state index in [1.807, 2.05) is 33.0 Å². The monoisotopic (exact) mass is 365 g/mol. The van der Waals surface area contributed by atoms with Crippen LogP contribution in [0, 0.1) is 13.8 Å². The number of hydrogen-bond acceptors (Lipinski definition) is 4. The molecule has 0 fully saturated rings. The molecule has 0 atom stereocenters. The highest BCUT2D eigenvalue weighted by Gasteiger charge is 2.14. The van der Waals surface area contributed by atoms with Gasteiger partial charge in [-0.25, -0.2) is 4.98 Å². The summed E-state index contributed by atoms with van der Waals surface area (Å²) in [5.74, 6) is -0.237. The summed E-state index contributed by atoms with van der Waals surface area (Å²) in [4.78, 5) is 21.6. The standard InChI is InChI=1S/C19H16ClN5O/c1-10-16(7-12-6-13(20)4-5-17(12)22-10)19(26)23-14-8-15-11(2)24-25(3)18(15)21-9-14/h4-9H,1-3H3,(H,23,26). The first-order valence-electron chi connectivity index (χ1n) is 8.10. The molecular weight excluding hydrogens is 350 g/mol. The van der Waals surface area contributed by atoms with Crippen molar-refractivity contribution in [2.45, 2.75) is 13.8 Å². The fourth-order valence-corrected chi connectivity index (χ4v) is 3.23. The number of carbonyl (C=O) groups excluding carboxylic acids is 1. The molecule has 7 heteroatoms. The molecule has 0 spiro atoms. The number of nitrogens with zero attached hydrogens (tertiary/aromatic N) is 4. The molecule has 0 aliphatic heterocycles. The fraction of sp³-hybridized carbons (Fsp3) is 0.158. The number of anilines is 1. The summed E-state index contributed by atoms with van der Waals surface area (Å²) in [5.41, 5.74) is 4.22. The van der Waals surface area contributed by atoms with Gasteiger partial charge in [-0.1, -0.05) is 11.6 Å². The molecule has 26 heavy (non-hydrogen) atoms. The first-order chi connectivity index (χ1) is 12.4. The smallest absolute Gasteiger partial charge is 0.257 e. The maximum absolute atomic E-state index is 12.8. The van der Waals surface area contributed by atoms with Gasteiger partial charge in [0.15, 0.2) is 5.65 Å². The van der Waals surface area contributed by atoms with Crippen LogP contribution < -0.4 is 5.32 Å². The van der Waals surface area contributed by atoms with Crippen LogP contribution in [0.2, 0.25) is 5.02 Å². The third-order valence-electron chi connectivity index (χ3n) is 4.33. The van der Waals surface area contributed by atoms with E-state index in [1.165, 1.54) is 0 Å². The maximum Gasteiger partial charge on any atom is 0.257 e. The van der Waals surface area contributed by atoms with Crippen LogP contribution in [0.5, 0.6) is 0 Å². The van der Waals surface area contributed by atoms with Gasteiger partial charge in [-0.05, 0) is 44.2 Å². The lowest BCUT2D eigenvalue weighted by Gasteiger charge is -2.09. The van der Waals surface area contributed by atoms with Crippen molar-refractivity contribution in [1.29, 1.82) is 0 Å². The number of rotatable bonds is 2. The molecule has 0 aliphatic rings. The lowest BCUT2D eigenvalue weighted by molar-refractivity contribution is 0.102. The van der Waals surface area contributed by atoms with Crippen molar-refractivity contribution in [2.75, 3.05) is 5.32 Å². The van der Waals surface area contributed by atoms with Crippen molar-refractivity contribution >= 4 is 45.1 Å². The molecule has 1 amide bonds.